The van der Waals surface area contributed by atoms with Crippen molar-refractivity contribution in [3.8, 4) is 0 Å². The molecule has 0 unspecified atom stereocenters. The van der Waals surface area contributed by atoms with Crippen LogP contribution in [0.2, 0.25) is 0 Å². The Labute approximate surface area is 311 Å². The molecule has 0 saturated carbocycles. The van der Waals surface area contributed by atoms with E-state index < -0.39 is 23.7 Å². The molecule has 6 aromatic heterocycles. The van der Waals surface area contributed by atoms with Crippen molar-refractivity contribution in [2.24, 2.45) is 0 Å². The predicted octanol–water partition coefficient (Wildman–Crippen LogP) is 7.69. The lowest BCUT2D eigenvalue weighted by molar-refractivity contribution is -0.142. The smallest absolute Gasteiger partial charge is 0.365 e. The number of rotatable bonds is 8. The third-order valence-electron chi connectivity index (χ3n) is 9.44. The van der Waals surface area contributed by atoms with Crippen LogP contribution in [0.15, 0.2) is 73.3 Å². The molecule has 55 heavy (non-hydrogen) atoms. The van der Waals surface area contributed by atoms with E-state index in [-0.39, 0.29) is 29.8 Å². The standard InChI is InChI=1S/C19H19F3N6.C18H17F3N6/c1-18(2)7-10-28(18)17-26-15-13(6-4-9-24-15)16(27-17)25-11-12-5-3-8-23-14(12)19(20,21)22;19-18(20,21)14-12(5-3-7-22-14)11-24-16-13-6-4-8-23-15(13)25-17(26-16)27-9-1-2-10-27/h3-6,8-9H,7,10-11H2,1-2H3,(H,24,25,26,27);3-8H,1-2,9-11H2,(H,23,24,25,26). The number of hydrogen-bond acceptors (Lipinski definition) is 12. The van der Waals surface area contributed by atoms with Gasteiger partial charge in [-0.25, -0.2) is 9.97 Å². The average Bonchev–Trinajstić information content (AvgIpc) is 3.71. The molecule has 8 heterocycles. The van der Waals surface area contributed by atoms with Crippen molar-refractivity contribution >= 4 is 45.6 Å². The van der Waals surface area contributed by atoms with E-state index in [4.69, 9.17) is 0 Å². The van der Waals surface area contributed by atoms with Gasteiger partial charge in [0, 0.05) is 74.2 Å². The minimum atomic E-state index is -4.51. The first-order valence-electron chi connectivity index (χ1n) is 17.6. The van der Waals surface area contributed by atoms with E-state index in [2.05, 4.69) is 74.2 Å². The molecule has 286 valence electrons. The molecule has 8 rings (SSSR count). The molecule has 0 radical (unpaired) electrons. The highest BCUT2D eigenvalue weighted by Crippen LogP contribution is 2.36. The lowest BCUT2D eigenvalue weighted by Crippen LogP contribution is -2.56. The zero-order valence-electron chi connectivity index (χ0n) is 29.8. The molecule has 18 heteroatoms. The van der Waals surface area contributed by atoms with Crippen LogP contribution in [0, 0.1) is 0 Å². The van der Waals surface area contributed by atoms with Gasteiger partial charge in [0.15, 0.2) is 11.3 Å². The predicted molar refractivity (Wildman–Crippen MR) is 195 cm³/mol. The largest absolute Gasteiger partial charge is 0.433 e. The summed E-state index contributed by atoms with van der Waals surface area (Å²) in [6, 6.07) is 12.9. The summed E-state index contributed by atoms with van der Waals surface area (Å²) in [5, 5.41) is 7.37. The molecule has 12 nitrogen and oxygen atoms in total. The van der Waals surface area contributed by atoms with Gasteiger partial charge in [0.2, 0.25) is 11.9 Å². The van der Waals surface area contributed by atoms with Gasteiger partial charge in [-0.15, -0.1) is 0 Å². The Balaban J connectivity index is 0.000000169. The van der Waals surface area contributed by atoms with Crippen LogP contribution in [-0.2, 0) is 25.4 Å². The quantitative estimate of drug-likeness (QED) is 0.147. The molecule has 2 aliphatic heterocycles. The maximum absolute atomic E-state index is 13.2. The fraction of sp³-hybridized carbons (Fsp3) is 0.351. The minimum Gasteiger partial charge on any atom is -0.365 e. The number of alkyl halides is 6. The second kappa shape index (κ2) is 15.1. The lowest BCUT2D eigenvalue weighted by Gasteiger charge is -2.48. The van der Waals surface area contributed by atoms with Crippen molar-refractivity contribution in [1.82, 2.24) is 39.9 Å². The SMILES string of the molecule is CC1(C)CCN1c1nc(NCc2cccnc2C(F)(F)F)c2cccnc2n1.FC(F)(F)c1ncccc1CNc1nc(N2CCCC2)nc2ncccc12. The maximum Gasteiger partial charge on any atom is 0.433 e. The van der Waals surface area contributed by atoms with E-state index in [1.807, 2.05) is 0 Å². The Morgan fingerprint density at radius 1 is 0.600 bits per heavy atom. The molecular weight excluding hydrogens is 726 g/mol. The molecule has 2 aliphatic rings. The molecule has 0 bridgehead atoms. The zero-order valence-corrected chi connectivity index (χ0v) is 29.8. The van der Waals surface area contributed by atoms with Gasteiger partial charge in [-0.05, 0) is 69.5 Å². The minimum absolute atomic E-state index is 0.0523. The number of nitrogens with one attached hydrogen (secondary N) is 2. The third kappa shape index (κ3) is 8.27. The molecule has 2 saturated heterocycles. The maximum atomic E-state index is 13.2. The van der Waals surface area contributed by atoms with Gasteiger partial charge in [0.25, 0.3) is 0 Å². The molecule has 6 aromatic rings. The van der Waals surface area contributed by atoms with Crippen LogP contribution in [-0.4, -0.2) is 65.0 Å². The van der Waals surface area contributed by atoms with Gasteiger partial charge in [0.05, 0.1) is 10.8 Å². The van der Waals surface area contributed by atoms with Gasteiger partial charge in [-0.3, -0.25) is 9.97 Å². The number of pyridine rings is 4. The Bertz CT molecular complexity index is 2290. The molecule has 2 fully saturated rings. The van der Waals surface area contributed by atoms with Crippen molar-refractivity contribution in [3.05, 3.63) is 95.8 Å². The Kier molecular flexibility index (Phi) is 10.2. The molecule has 0 spiro atoms. The van der Waals surface area contributed by atoms with Crippen LogP contribution in [0.25, 0.3) is 22.1 Å². The van der Waals surface area contributed by atoms with Gasteiger partial charge in [-0.1, -0.05) is 12.1 Å². The molecule has 2 N–H and O–H groups in total. The van der Waals surface area contributed by atoms with E-state index in [1.165, 1.54) is 24.3 Å². The lowest BCUT2D eigenvalue weighted by atomic mass is 9.89. The molecule has 0 aromatic carbocycles. The van der Waals surface area contributed by atoms with Crippen molar-refractivity contribution in [1.29, 1.82) is 0 Å². The zero-order chi connectivity index (χ0) is 38.8. The van der Waals surface area contributed by atoms with Crippen LogP contribution in [0.1, 0.15) is 55.6 Å². The fourth-order valence-electron chi connectivity index (χ4n) is 6.42. The second-order valence-electron chi connectivity index (χ2n) is 13.6. The summed E-state index contributed by atoms with van der Waals surface area (Å²) in [4.78, 5) is 37.9. The summed E-state index contributed by atoms with van der Waals surface area (Å²) in [6.45, 7) is 6.63. The molecule has 0 atom stereocenters. The average molecular weight is 763 g/mol. The number of halogens is 6. The highest BCUT2D eigenvalue weighted by atomic mass is 19.4. The second-order valence-corrected chi connectivity index (χ2v) is 13.6. The van der Waals surface area contributed by atoms with E-state index >= 15 is 0 Å². The first-order valence-corrected chi connectivity index (χ1v) is 17.6. The third-order valence-corrected chi connectivity index (χ3v) is 9.44. The van der Waals surface area contributed by atoms with E-state index in [1.54, 1.807) is 36.7 Å². The van der Waals surface area contributed by atoms with E-state index in [9.17, 15) is 26.3 Å². The van der Waals surface area contributed by atoms with Crippen LogP contribution in [0.4, 0.5) is 49.9 Å². The van der Waals surface area contributed by atoms with E-state index in [0.29, 0.717) is 45.6 Å². The Morgan fingerprint density at radius 2 is 1.05 bits per heavy atom. The first-order chi connectivity index (χ1) is 26.3. The molecule has 0 aliphatic carbocycles. The highest BCUT2D eigenvalue weighted by Gasteiger charge is 2.39. The van der Waals surface area contributed by atoms with Gasteiger partial charge >= 0.3 is 12.4 Å². The topological polar surface area (TPSA) is 134 Å². The number of aromatic nitrogens is 8. The summed E-state index contributed by atoms with van der Waals surface area (Å²) in [5.41, 5.74) is -0.734. The number of fused-ring (bicyclic) bond motifs is 2. The van der Waals surface area contributed by atoms with Crippen molar-refractivity contribution in [2.75, 3.05) is 40.1 Å². The Morgan fingerprint density at radius 3 is 1.51 bits per heavy atom. The van der Waals surface area contributed by atoms with Crippen LogP contribution in [0.5, 0.6) is 0 Å². The number of hydrogen-bond donors (Lipinski definition) is 2. The van der Waals surface area contributed by atoms with Gasteiger partial charge in [0.1, 0.15) is 23.0 Å². The highest BCUT2D eigenvalue weighted by molar-refractivity contribution is 5.88. The number of nitrogens with zero attached hydrogens (tertiary/aromatic N) is 10. The summed E-state index contributed by atoms with van der Waals surface area (Å²) in [6.07, 6.45) is -0.322. The normalized spacial score (nSPS) is 15.4. The van der Waals surface area contributed by atoms with Crippen molar-refractivity contribution < 1.29 is 26.3 Å². The summed E-state index contributed by atoms with van der Waals surface area (Å²) >= 11 is 0. The van der Waals surface area contributed by atoms with Gasteiger partial charge in [-0.2, -0.15) is 46.3 Å². The first kappa shape index (κ1) is 37.4. The van der Waals surface area contributed by atoms with Crippen LogP contribution >= 0.6 is 0 Å². The van der Waals surface area contributed by atoms with Crippen molar-refractivity contribution in [2.45, 2.75) is 64.1 Å². The monoisotopic (exact) mass is 762 g/mol. The molecule has 0 amide bonds. The summed E-state index contributed by atoms with van der Waals surface area (Å²) < 4.78 is 79.1. The van der Waals surface area contributed by atoms with Crippen LogP contribution < -0.4 is 20.4 Å². The van der Waals surface area contributed by atoms with Crippen molar-refractivity contribution in [3.63, 3.8) is 0 Å². The summed E-state index contributed by atoms with van der Waals surface area (Å²) in [7, 11) is 0. The fourth-order valence-corrected chi connectivity index (χ4v) is 6.42. The van der Waals surface area contributed by atoms with E-state index in [0.717, 1.165) is 51.3 Å². The summed E-state index contributed by atoms with van der Waals surface area (Å²) in [5.74, 6) is 1.98. The van der Waals surface area contributed by atoms with Crippen LogP contribution in [0.3, 0.4) is 0 Å². The number of anilines is 4. The van der Waals surface area contributed by atoms with Gasteiger partial charge < -0.3 is 20.4 Å². The molecular formula is C37H36F6N12. The Hall–Kier alpha value is -5.94.